The van der Waals surface area contributed by atoms with Crippen molar-refractivity contribution in [2.75, 3.05) is 7.11 Å². The van der Waals surface area contributed by atoms with E-state index in [0.29, 0.717) is 5.75 Å². The number of aliphatic hydroxyl groups is 1. The number of hydrogen-bond donors (Lipinski definition) is 1. The van der Waals surface area contributed by atoms with Gasteiger partial charge in [-0.2, -0.15) is 0 Å². The molecule has 0 bridgehead atoms. The van der Waals surface area contributed by atoms with Crippen LogP contribution < -0.4 is 4.74 Å². The summed E-state index contributed by atoms with van der Waals surface area (Å²) in [4.78, 5) is 4.34. The van der Waals surface area contributed by atoms with Gasteiger partial charge in [0.05, 0.1) is 12.6 Å². The van der Waals surface area contributed by atoms with Crippen LogP contribution in [0.15, 0.2) is 54.7 Å². The maximum Gasteiger partial charge on any atom is 0.125 e. The number of aromatic nitrogens is 1. The minimum Gasteiger partial charge on any atom is -0.496 e. The Hall–Kier alpha value is -2.39. The summed E-state index contributed by atoms with van der Waals surface area (Å²) in [7, 11) is 1.62. The van der Waals surface area contributed by atoms with Crippen LogP contribution in [0, 0.1) is 6.92 Å². The molecule has 1 aromatic heterocycles. The van der Waals surface area contributed by atoms with Gasteiger partial charge >= 0.3 is 0 Å². The lowest BCUT2D eigenvalue weighted by Crippen LogP contribution is -2.04. The molecule has 0 fully saturated rings. The van der Waals surface area contributed by atoms with Crippen molar-refractivity contribution >= 4 is 10.9 Å². The Labute approximate surface area is 123 Å². The summed E-state index contributed by atoms with van der Waals surface area (Å²) in [6, 6.07) is 15.5. The van der Waals surface area contributed by atoms with Gasteiger partial charge in [0.25, 0.3) is 0 Å². The number of hydrogen-bond acceptors (Lipinski definition) is 3. The summed E-state index contributed by atoms with van der Waals surface area (Å²) >= 11 is 0. The largest absolute Gasteiger partial charge is 0.496 e. The lowest BCUT2D eigenvalue weighted by atomic mass is 9.96. The molecule has 1 heterocycles. The summed E-state index contributed by atoms with van der Waals surface area (Å²) in [5.41, 5.74) is 3.57. The molecule has 3 rings (SSSR count). The van der Waals surface area contributed by atoms with E-state index in [1.807, 2.05) is 55.5 Å². The molecule has 0 spiro atoms. The van der Waals surface area contributed by atoms with Crippen molar-refractivity contribution in [1.29, 1.82) is 0 Å². The minimum atomic E-state index is -0.743. The van der Waals surface area contributed by atoms with E-state index in [9.17, 15) is 5.11 Å². The summed E-state index contributed by atoms with van der Waals surface area (Å²) < 4.78 is 5.38. The Morgan fingerprint density at radius 1 is 1.05 bits per heavy atom. The van der Waals surface area contributed by atoms with Crippen molar-refractivity contribution in [1.82, 2.24) is 4.98 Å². The Kier molecular flexibility index (Phi) is 3.59. The van der Waals surface area contributed by atoms with Crippen molar-refractivity contribution in [2.45, 2.75) is 13.0 Å². The molecule has 3 heteroatoms. The highest BCUT2D eigenvalue weighted by atomic mass is 16.5. The molecule has 2 aromatic carbocycles. The van der Waals surface area contributed by atoms with Crippen LogP contribution in [0.1, 0.15) is 22.8 Å². The van der Waals surface area contributed by atoms with E-state index in [-0.39, 0.29) is 0 Å². The molecule has 0 amide bonds. The fourth-order valence-corrected chi connectivity index (χ4v) is 2.60. The van der Waals surface area contributed by atoms with Crippen molar-refractivity contribution in [2.24, 2.45) is 0 Å². The third-order valence-electron chi connectivity index (χ3n) is 3.65. The number of pyridine rings is 1. The van der Waals surface area contributed by atoms with Gasteiger partial charge in [0.2, 0.25) is 0 Å². The Bertz CT molecular complexity index is 778. The molecule has 0 saturated heterocycles. The monoisotopic (exact) mass is 279 g/mol. The second-order valence-electron chi connectivity index (χ2n) is 5.07. The molecule has 1 atom stereocenters. The molecule has 21 heavy (non-hydrogen) atoms. The van der Waals surface area contributed by atoms with E-state index < -0.39 is 6.10 Å². The van der Waals surface area contributed by atoms with E-state index in [4.69, 9.17) is 4.74 Å². The first kappa shape index (κ1) is 13.6. The van der Waals surface area contributed by atoms with Gasteiger partial charge in [-0.05, 0) is 36.8 Å². The lowest BCUT2D eigenvalue weighted by Gasteiger charge is -2.17. The second-order valence-corrected chi connectivity index (χ2v) is 5.07. The van der Waals surface area contributed by atoms with Gasteiger partial charge in [-0.15, -0.1) is 0 Å². The summed E-state index contributed by atoms with van der Waals surface area (Å²) in [6.07, 6.45) is 1.01. The van der Waals surface area contributed by atoms with Crippen LogP contribution in [0.2, 0.25) is 0 Å². The Balaban J connectivity index is 2.17. The standard InChI is InChI=1S/C18H17NO2/c1-12-8-9-17(21-2)15(11-12)18(20)14-5-3-7-16-13(14)6-4-10-19-16/h3-11,18,20H,1-2H3. The highest BCUT2D eigenvalue weighted by Gasteiger charge is 2.18. The van der Waals surface area contributed by atoms with Crippen LogP contribution in [0.3, 0.4) is 0 Å². The van der Waals surface area contributed by atoms with Crippen molar-refractivity contribution < 1.29 is 9.84 Å². The van der Waals surface area contributed by atoms with Crippen molar-refractivity contribution in [3.63, 3.8) is 0 Å². The first-order chi connectivity index (χ1) is 10.2. The average molecular weight is 279 g/mol. The van der Waals surface area contributed by atoms with Crippen LogP contribution >= 0.6 is 0 Å². The topological polar surface area (TPSA) is 42.4 Å². The fraction of sp³-hybridized carbons (Fsp3) is 0.167. The van der Waals surface area contributed by atoms with Crippen LogP contribution in [0.5, 0.6) is 5.75 Å². The Morgan fingerprint density at radius 3 is 2.71 bits per heavy atom. The maximum atomic E-state index is 10.8. The van der Waals surface area contributed by atoms with E-state index in [1.165, 1.54) is 0 Å². The molecule has 3 aromatic rings. The molecule has 1 unspecified atom stereocenters. The third kappa shape index (κ3) is 2.48. The van der Waals surface area contributed by atoms with Crippen molar-refractivity contribution in [3.05, 3.63) is 71.4 Å². The van der Waals surface area contributed by atoms with Gasteiger partial charge in [-0.25, -0.2) is 0 Å². The zero-order valence-corrected chi connectivity index (χ0v) is 12.1. The second kappa shape index (κ2) is 5.54. The molecule has 3 nitrogen and oxygen atoms in total. The molecular formula is C18H17NO2. The third-order valence-corrected chi connectivity index (χ3v) is 3.65. The molecule has 0 aliphatic rings. The number of benzene rings is 2. The number of nitrogens with zero attached hydrogens (tertiary/aromatic N) is 1. The molecule has 1 N–H and O–H groups in total. The summed E-state index contributed by atoms with van der Waals surface area (Å²) in [6.45, 7) is 2.00. The normalized spacial score (nSPS) is 12.3. The number of rotatable bonds is 3. The molecule has 0 aliphatic carbocycles. The summed E-state index contributed by atoms with van der Waals surface area (Å²) in [5, 5.41) is 11.8. The number of ether oxygens (including phenoxy) is 1. The minimum absolute atomic E-state index is 0.689. The smallest absolute Gasteiger partial charge is 0.125 e. The van der Waals surface area contributed by atoms with Crippen molar-refractivity contribution in [3.8, 4) is 5.75 Å². The van der Waals surface area contributed by atoms with E-state index in [1.54, 1.807) is 13.3 Å². The number of aryl methyl sites for hydroxylation is 1. The highest BCUT2D eigenvalue weighted by molar-refractivity contribution is 5.82. The van der Waals surface area contributed by atoms with Gasteiger partial charge in [0.1, 0.15) is 11.9 Å². The first-order valence-corrected chi connectivity index (χ1v) is 6.87. The number of methoxy groups -OCH3 is 1. The SMILES string of the molecule is COc1ccc(C)cc1C(O)c1cccc2ncccc12. The van der Waals surface area contributed by atoms with Crippen LogP contribution in [0.4, 0.5) is 0 Å². The average Bonchev–Trinajstić information content (AvgIpc) is 2.53. The molecule has 0 aliphatic heterocycles. The first-order valence-electron chi connectivity index (χ1n) is 6.87. The number of aliphatic hydroxyl groups excluding tert-OH is 1. The van der Waals surface area contributed by atoms with Gasteiger partial charge in [0.15, 0.2) is 0 Å². The van der Waals surface area contributed by atoms with E-state index in [2.05, 4.69) is 4.98 Å². The predicted octanol–water partition coefficient (Wildman–Crippen LogP) is 3.63. The maximum absolute atomic E-state index is 10.8. The highest BCUT2D eigenvalue weighted by Crippen LogP contribution is 2.33. The van der Waals surface area contributed by atoms with E-state index in [0.717, 1.165) is 27.6 Å². The molecule has 106 valence electrons. The van der Waals surface area contributed by atoms with Gasteiger partial charge in [-0.1, -0.05) is 29.8 Å². The molecule has 0 radical (unpaired) electrons. The zero-order chi connectivity index (χ0) is 14.8. The zero-order valence-electron chi connectivity index (χ0n) is 12.1. The lowest BCUT2D eigenvalue weighted by molar-refractivity contribution is 0.216. The van der Waals surface area contributed by atoms with Crippen LogP contribution in [0.25, 0.3) is 10.9 Å². The van der Waals surface area contributed by atoms with Crippen LogP contribution in [-0.4, -0.2) is 17.2 Å². The van der Waals surface area contributed by atoms with Gasteiger partial charge < -0.3 is 9.84 Å². The number of fused-ring (bicyclic) bond motifs is 1. The fourth-order valence-electron chi connectivity index (χ4n) is 2.60. The Morgan fingerprint density at radius 2 is 1.90 bits per heavy atom. The predicted molar refractivity (Wildman–Crippen MR) is 83.5 cm³/mol. The molecule has 0 saturated carbocycles. The van der Waals surface area contributed by atoms with E-state index >= 15 is 0 Å². The summed E-state index contributed by atoms with van der Waals surface area (Å²) in [5.74, 6) is 0.689. The molecular weight excluding hydrogens is 262 g/mol. The van der Waals surface area contributed by atoms with Crippen LogP contribution in [-0.2, 0) is 0 Å². The quantitative estimate of drug-likeness (QED) is 0.796. The van der Waals surface area contributed by atoms with Gasteiger partial charge in [0, 0.05) is 17.1 Å². The van der Waals surface area contributed by atoms with Gasteiger partial charge in [-0.3, -0.25) is 4.98 Å².